The third-order valence-electron chi connectivity index (χ3n) is 3.79. The molecule has 0 radical (unpaired) electrons. The van der Waals surface area contributed by atoms with Gasteiger partial charge in [0.1, 0.15) is 0 Å². The Hall–Kier alpha value is -3.13. The van der Waals surface area contributed by atoms with Gasteiger partial charge in [-0.3, -0.25) is 4.72 Å². The molecule has 1 heterocycles. The number of anilines is 4. The Labute approximate surface area is 159 Å². The summed E-state index contributed by atoms with van der Waals surface area (Å²) in [6.45, 7) is 0. The van der Waals surface area contributed by atoms with Gasteiger partial charge in [0.25, 0.3) is 0 Å². The average molecular weight is 383 g/mol. The monoisotopic (exact) mass is 383 g/mol. The Balaban J connectivity index is 1.66. The topological polar surface area (TPSA) is 87.2 Å². The van der Waals surface area contributed by atoms with Crippen LogP contribution < -0.4 is 14.9 Å². The summed E-state index contributed by atoms with van der Waals surface area (Å²) in [5.41, 5.74) is 2.95. The summed E-state index contributed by atoms with van der Waals surface area (Å²) in [6.07, 6.45) is 1.68. The van der Waals surface area contributed by atoms with E-state index < -0.39 is 10.0 Å². The van der Waals surface area contributed by atoms with Gasteiger partial charge in [-0.25, -0.2) is 8.42 Å². The lowest BCUT2D eigenvalue weighted by atomic mass is 10.2. The van der Waals surface area contributed by atoms with Crippen molar-refractivity contribution in [1.82, 2.24) is 10.2 Å². The molecule has 0 bridgehead atoms. The second-order valence-corrected chi connectivity index (χ2v) is 7.96. The molecule has 2 aromatic carbocycles. The number of aromatic nitrogens is 2. The molecule has 0 aliphatic heterocycles. The van der Waals surface area contributed by atoms with Gasteiger partial charge in [0.15, 0.2) is 5.82 Å². The summed E-state index contributed by atoms with van der Waals surface area (Å²) >= 11 is 0. The van der Waals surface area contributed by atoms with E-state index in [4.69, 9.17) is 0 Å². The first-order chi connectivity index (χ1) is 12.9. The normalized spacial score (nSPS) is 11.0. The zero-order chi connectivity index (χ0) is 19.3. The summed E-state index contributed by atoms with van der Waals surface area (Å²) in [5.74, 6) is 0.541. The highest BCUT2D eigenvalue weighted by molar-refractivity contribution is 7.91. The number of nitrogens with one attached hydrogen (secondary N) is 2. The van der Waals surface area contributed by atoms with Crippen LogP contribution in [0.15, 0.2) is 66.9 Å². The lowest BCUT2D eigenvalue weighted by molar-refractivity contribution is 0.600. The van der Waals surface area contributed by atoms with Gasteiger partial charge in [-0.15, -0.1) is 5.10 Å². The molecule has 0 aliphatic rings. The van der Waals surface area contributed by atoms with Crippen LogP contribution in [0, 0.1) is 0 Å². The van der Waals surface area contributed by atoms with Crippen molar-refractivity contribution >= 4 is 32.9 Å². The summed E-state index contributed by atoms with van der Waals surface area (Å²) < 4.78 is 27.2. The van der Waals surface area contributed by atoms with Crippen LogP contribution in [-0.2, 0) is 15.8 Å². The number of benzene rings is 2. The fraction of sp³-hybridized carbons (Fsp3) is 0.158. The Morgan fingerprint density at radius 1 is 0.963 bits per heavy atom. The molecule has 0 spiro atoms. The predicted octanol–water partition coefficient (Wildman–Crippen LogP) is 3.23. The van der Waals surface area contributed by atoms with Gasteiger partial charge in [-0.1, -0.05) is 30.3 Å². The van der Waals surface area contributed by atoms with Crippen LogP contribution in [0.4, 0.5) is 22.9 Å². The van der Waals surface area contributed by atoms with Crippen LogP contribution in [0.5, 0.6) is 0 Å². The van der Waals surface area contributed by atoms with E-state index in [2.05, 4.69) is 20.2 Å². The Morgan fingerprint density at radius 2 is 1.63 bits per heavy atom. The van der Waals surface area contributed by atoms with Crippen molar-refractivity contribution < 1.29 is 8.42 Å². The number of rotatable bonds is 7. The minimum atomic E-state index is -3.47. The van der Waals surface area contributed by atoms with Crippen LogP contribution in [0.2, 0.25) is 0 Å². The summed E-state index contributed by atoms with van der Waals surface area (Å²) in [5, 5.41) is 11.2. The standard InChI is InChI=1S/C19H21N5O2S/c1-24(2)18-12-19(22-20-13-18)21-16-8-10-17(11-9-16)23-27(25,26)14-15-6-4-3-5-7-15/h3-13,23H,14H2,1-2H3,(H,21,22). The molecule has 2 N–H and O–H groups in total. The predicted molar refractivity (Wildman–Crippen MR) is 109 cm³/mol. The summed E-state index contributed by atoms with van der Waals surface area (Å²) in [6, 6.07) is 17.9. The summed E-state index contributed by atoms with van der Waals surface area (Å²) in [7, 11) is 0.383. The van der Waals surface area contributed by atoms with E-state index in [0.717, 1.165) is 16.9 Å². The van der Waals surface area contributed by atoms with E-state index >= 15 is 0 Å². The zero-order valence-corrected chi connectivity index (χ0v) is 15.9. The SMILES string of the molecule is CN(C)c1cnnc(Nc2ccc(NS(=O)(=O)Cc3ccccc3)cc2)c1. The molecule has 0 atom stereocenters. The molecule has 27 heavy (non-hydrogen) atoms. The van der Waals surface area contributed by atoms with E-state index in [1.807, 2.05) is 43.3 Å². The largest absolute Gasteiger partial charge is 0.376 e. The maximum absolute atomic E-state index is 12.3. The maximum Gasteiger partial charge on any atom is 0.236 e. The average Bonchev–Trinajstić information content (AvgIpc) is 2.64. The molecule has 1 aromatic heterocycles. The lowest BCUT2D eigenvalue weighted by Crippen LogP contribution is -2.15. The first-order valence-corrected chi connectivity index (χ1v) is 9.98. The molecular weight excluding hydrogens is 362 g/mol. The van der Waals surface area contributed by atoms with Gasteiger partial charge >= 0.3 is 0 Å². The van der Waals surface area contributed by atoms with E-state index in [-0.39, 0.29) is 5.75 Å². The van der Waals surface area contributed by atoms with Gasteiger partial charge in [0.2, 0.25) is 10.0 Å². The van der Waals surface area contributed by atoms with Crippen molar-refractivity contribution in [3.63, 3.8) is 0 Å². The fourth-order valence-electron chi connectivity index (χ4n) is 2.44. The van der Waals surface area contributed by atoms with Crippen molar-refractivity contribution in [2.24, 2.45) is 0 Å². The van der Waals surface area contributed by atoms with Crippen LogP contribution in [0.1, 0.15) is 5.56 Å². The Kier molecular flexibility index (Phi) is 5.56. The molecule has 3 aromatic rings. The minimum absolute atomic E-state index is 0.0687. The van der Waals surface area contributed by atoms with Gasteiger partial charge < -0.3 is 10.2 Å². The third kappa shape index (κ3) is 5.42. The van der Waals surface area contributed by atoms with Crippen molar-refractivity contribution in [2.75, 3.05) is 29.0 Å². The molecule has 7 nitrogen and oxygen atoms in total. The highest BCUT2D eigenvalue weighted by atomic mass is 32.2. The summed E-state index contributed by atoms with van der Waals surface area (Å²) in [4.78, 5) is 1.93. The smallest absolute Gasteiger partial charge is 0.236 e. The van der Waals surface area contributed by atoms with E-state index in [1.165, 1.54) is 0 Å². The van der Waals surface area contributed by atoms with Crippen LogP contribution in [0.25, 0.3) is 0 Å². The van der Waals surface area contributed by atoms with E-state index in [0.29, 0.717) is 11.5 Å². The van der Waals surface area contributed by atoms with Crippen LogP contribution in [0.3, 0.4) is 0 Å². The zero-order valence-electron chi connectivity index (χ0n) is 15.1. The number of nitrogens with zero attached hydrogens (tertiary/aromatic N) is 3. The second kappa shape index (κ2) is 8.05. The number of sulfonamides is 1. The Bertz CT molecular complexity index is 990. The number of hydrogen-bond donors (Lipinski definition) is 2. The molecule has 8 heteroatoms. The van der Waals surface area contributed by atoms with Gasteiger partial charge in [-0.05, 0) is 29.8 Å². The molecule has 0 saturated heterocycles. The van der Waals surface area contributed by atoms with Gasteiger partial charge in [0, 0.05) is 31.5 Å². The third-order valence-corrected chi connectivity index (χ3v) is 5.05. The Morgan fingerprint density at radius 3 is 2.30 bits per heavy atom. The molecule has 3 rings (SSSR count). The van der Waals surface area contributed by atoms with Gasteiger partial charge in [0.05, 0.1) is 17.6 Å². The fourth-order valence-corrected chi connectivity index (χ4v) is 3.64. The molecule has 0 saturated carbocycles. The molecule has 140 valence electrons. The molecule has 0 fully saturated rings. The highest BCUT2D eigenvalue weighted by Gasteiger charge is 2.11. The van der Waals surface area contributed by atoms with Crippen molar-refractivity contribution in [3.8, 4) is 0 Å². The van der Waals surface area contributed by atoms with Crippen molar-refractivity contribution in [3.05, 3.63) is 72.4 Å². The van der Waals surface area contributed by atoms with Crippen molar-refractivity contribution in [2.45, 2.75) is 5.75 Å². The molecular formula is C19H21N5O2S. The van der Waals surface area contributed by atoms with E-state index in [1.54, 1.807) is 42.6 Å². The second-order valence-electron chi connectivity index (χ2n) is 6.24. The highest BCUT2D eigenvalue weighted by Crippen LogP contribution is 2.21. The minimum Gasteiger partial charge on any atom is -0.376 e. The maximum atomic E-state index is 12.3. The van der Waals surface area contributed by atoms with Crippen LogP contribution in [-0.4, -0.2) is 32.7 Å². The molecule has 0 amide bonds. The first kappa shape index (κ1) is 18.7. The lowest BCUT2D eigenvalue weighted by Gasteiger charge is -2.13. The van der Waals surface area contributed by atoms with Gasteiger partial charge in [-0.2, -0.15) is 5.10 Å². The molecule has 0 aliphatic carbocycles. The quantitative estimate of drug-likeness (QED) is 0.651. The number of hydrogen-bond acceptors (Lipinski definition) is 6. The first-order valence-electron chi connectivity index (χ1n) is 8.33. The molecule has 0 unspecified atom stereocenters. The van der Waals surface area contributed by atoms with Crippen LogP contribution >= 0.6 is 0 Å². The van der Waals surface area contributed by atoms with E-state index in [9.17, 15) is 8.42 Å². The van der Waals surface area contributed by atoms with Crippen molar-refractivity contribution in [1.29, 1.82) is 0 Å².